The lowest BCUT2D eigenvalue weighted by Crippen LogP contribution is -2.05. The van der Waals surface area contributed by atoms with Crippen molar-refractivity contribution in [3.05, 3.63) is 58.3 Å². The first-order valence-electron chi connectivity index (χ1n) is 6.39. The SMILES string of the molecule is N#Cc1cccc(OCCCOc2cc(F)cc(Br)c2)c1. The molecule has 0 aliphatic rings. The molecule has 2 aromatic rings. The van der Waals surface area contributed by atoms with Crippen LogP contribution in [0.5, 0.6) is 11.5 Å². The lowest BCUT2D eigenvalue weighted by molar-refractivity contribution is 0.247. The Kier molecular flexibility index (Phi) is 5.59. The van der Waals surface area contributed by atoms with Crippen LogP contribution in [0.15, 0.2) is 46.9 Å². The Labute approximate surface area is 131 Å². The number of benzene rings is 2. The minimum Gasteiger partial charge on any atom is -0.493 e. The summed E-state index contributed by atoms with van der Waals surface area (Å²) in [5, 5.41) is 8.78. The van der Waals surface area contributed by atoms with Crippen LogP contribution in [0.1, 0.15) is 12.0 Å². The Hall–Kier alpha value is -2.06. The molecule has 3 nitrogen and oxygen atoms in total. The summed E-state index contributed by atoms with van der Waals surface area (Å²) in [5.74, 6) is 0.792. The molecular formula is C16H13BrFNO2. The van der Waals surface area contributed by atoms with Crippen LogP contribution in [0.4, 0.5) is 4.39 Å². The van der Waals surface area contributed by atoms with E-state index in [1.165, 1.54) is 12.1 Å². The smallest absolute Gasteiger partial charge is 0.128 e. The molecule has 0 saturated heterocycles. The molecule has 0 aromatic heterocycles. The molecule has 0 N–H and O–H groups in total. The van der Waals surface area contributed by atoms with Gasteiger partial charge in [0.1, 0.15) is 17.3 Å². The van der Waals surface area contributed by atoms with E-state index in [2.05, 4.69) is 22.0 Å². The van der Waals surface area contributed by atoms with Crippen molar-refractivity contribution in [2.45, 2.75) is 6.42 Å². The fraction of sp³-hybridized carbons (Fsp3) is 0.188. The van der Waals surface area contributed by atoms with Gasteiger partial charge in [-0.15, -0.1) is 0 Å². The maximum Gasteiger partial charge on any atom is 0.128 e. The van der Waals surface area contributed by atoms with E-state index in [-0.39, 0.29) is 5.82 Å². The normalized spacial score (nSPS) is 9.95. The summed E-state index contributed by atoms with van der Waals surface area (Å²) < 4.78 is 24.7. The van der Waals surface area contributed by atoms with Crippen LogP contribution in [0.3, 0.4) is 0 Å². The number of nitrogens with zero attached hydrogens (tertiary/aromatic N) is 1. The Morgan fingerprint density at radius 2 is 1.81 bits per heavy atom. The van der Waals surface area contributed by atoms with Gasteiger partial charge in [-0.25, -0.2) is 4.39 Å². The molecule has 0 atom stereocenters. The number of ether oxygens (including phenoxy) is 2. The Balaban J connectivity index is 1.73. The van der Waals surface area contributed by atoms with E-state index >= 15 is 0 Å². The zero-order chi connectivity index (χ0) is 15.1. The third-order valence-corrected chi connectivity index (χ3v) is 3.08. The van der Waals surface area contributed by atoms with E-state index in [4.69, 9.17) is 14.7 Å². The van der Waals surface area contributed by atoms with Crippen molar-refractivity contribution in [3.8, 4) is 17.6 Å². The molecule has 0 amide bonds. The van der Waals surface area contributed by atoms with Gasteiger partial charge in [0, 0.05) is 17.0 Å². The second-order valence-corrected chi connectivity index (χ2v) is 5.21. The highest BCUT2D eigenvalue weighted by Gasteiger charge is 2.00. The van der Waals surface area contributed by atoms with Gasteiger partial charge in [0.05, 0.1) is 24.8 Å². The Morgan fingerprint density at radius 1 is 1.05 bits per heavy atom. The van der Waals surface area contributed by atoms with Crippen molar-refractivity contribution in [3.63, 3.8) is 0 Å². The van der Waals surface area contributed by atoms with Crippen molar-refractivity contribution in [1.82, 2.24) is 0 Å². The first-order valence-corrected chi connectivity index (χ1v) is 7.18. The Morgan fingerprint density at radius 3 is 2.52 bits per heavy atom. The minimum absolute atomic E-state index is 0.344. The average Bonchev–Trinajstić information content (AvgIpc) is 2.46. The van der Waals surface area contributed by atoms with E-state index in [1.54, 1.807) is 30.3 Å². The summed E-state index contributed by atoms with van der Waals surface area (Å²) in [6, 6.07) is 13.4. The summed E-state index contributed by atoms with van der Waals surface area (Å²) in [5.41, 5.74) is 0.563. The summed E-state index contributed by atoms with van der Waals surface area (Å²) in [4.78, 5) is 0. The summed E-state index contributed by atoms with van der Waals surface area (Å²) in [7, 11) is 0. The van der Waals surface area contributed by atoms with Gasteiger partial charge >= 0.3 is 0 Å². The van der Waals surface area contributed by atoms with Crippen LogP contribution in [0.2, 0.25) is 0 Å². The fourth-order valence-electron chi connectivity index (χ4n) is 1.71. The number of halogens is 2. The van der Waals surface area contributed by atoms with Crippen molar-refractivity contribution < 1.29 is 13.9 Å². The van der Waals surface area contributed by atoms with Gasteiger partial charge in [-0.05, 0) is 30.3 Å². The molecule has 0 saturated carbocycles. The van der Waals surface area contributed by atoms with Crippen molar-refractivity contribution in [2.75, 3.05) is 13.2 Å². The van der Waals surface area contributed by atoms with Crippen molar-refractivity contribution in [2.24, 2.45) is 0 Å². The maximum absolute atomic E-state index is 13.1. The van der Waals surface area contributed by atoms with Crippen LogP contribution >= 0.6 is 15.9 Å². The third kappa shape index (κ3) is 5.09. The average molecular weight is 350 g/mol. The molecule has 0 unspecified atom stereocenters. The molecule has 0 spiro atoms. The summed E-state index contributed by atoms with van der Waals surface area (Å²) in [6.07, 6.45) is 0.658. The molecule has 0 aliphatic heterocycles. The lowest BCUT2D eigenvalue weighted by atomic mass is 10.2. The largest absolute Gasteiger partial charge is 0.493 e. The standard InChI is InChI=1S/C16H13BrFNO2/c17-13-8-14(18)10-16(9-13)21-6-2-5-20-15-4-1-3-12(7-15)11-19/h1,3-4,7-10H,2,5-6H2. The van der Waals surface area contributed by atoms with E-state index in [0.29, 0.717) is 41.2 Å². The Bertz CT molecular complexity index is 635. The molecule has 21 heavy (non-hydrogen) atoms. The monoisotopic (exact) mass is 349 g/mol. The van der Waals surface area contributed by atoms with Crippen LogP contribution < -0.4 is 9.47 Å². The predicted octanol–water partition coefficient (Wildman–Crippen LogP) is 4.31. The van der Waals surface area contributed by atoms with E-state index < -0.39 is 0 Å². The van der Waals surface area contributed by atoms with Crippen LogP contribution in [-0.2, 0) is 0 Å². The highest BCUT2D eigenvalue weighted by atomic mass is 79.9. The zero-order valence-electron chi connectivity index (χ0n) is 11.2. The van der Waals surface area contributed by atoms with Crippen molar-refractivity contribution >= 4 is 15.9 Å². The molecule has 0 fully saturated rings. The van der Waals surface area contributed by atoms with Gasteiger partial charge < -0.3 is 9.47 Å². The topological polar surface area (TPSA) is 42.2 Å². The number of rotatable bonds is 6. The van der Waals surface area contributed by atoms with Crippen LogP contribution in [-0.4, -0.2) is 13.2 Å². The molecule has 108 valence electrons. The van der Waals surface area contributed by atoms with Gasteiger partial charge in [0.25, 0.3) is 0 Å². The van der Waals surface area contributed by atoms with Gasteiger partial charge in [-0.2, -0.15) is 5.26 Å². The highest BCUT2D eigenvalue weighted by Crippen LogP contribution is 2.20. The lowest BCUT2D eigenvalue weighted by Gasteiger charge is -2.08. The van der Waals surface area contributed by atoms with Gasteiger partial charge in [0.2, 0.25) is 0 Å². The second-order valence-electron chi connectivity index (χ2n) is 4.30. The molecule has 0 aliphatic carbocycles. The molecular weight excluding hydrogens is 337 g/mol. The number of hydrogen-bond acceptors (Lipinski definition) is 3. The third-order valence-electron chi connectivity index (χ3n) is 2.63. The molecule has 0 radical (unpaired) electrons. The maximum atomic E-state index is 13.1. The van der Waals surface area contributed by atoms with E-state index in [9.17, 15) is 4.39 Å². The van der Waals surface area contributed by atoms with Crippen LogP contribution in [0.25, 0.3) is 0 Å². The van der Waals surface area contributed by atoms with E-state index in [0.717, 1.165) is 0 Å². The first kappa shape index (κ1) is 15.3. The fourth-order valence-corrected chi connectivity index (χ4v) is 2.15. The zero-order valence-corrected chi connectivity index (χ0v) is 12.8. The molecule has 2 aromatic carbocycles. The quantitative estimate of drug-likeness (QED) is 0.729. The second kappa shape index (κ2) is 7.65. The van der Waals surface area contributed by atoms with Gasteiger partial charge in [0.15, 0.2) is 0 Å². The summed E-state index contributed by atoms with van der Waals surface area (Å²) in [6.45, 7) is 0.888. The van der Waals surface area contributed by atoms with Gasteiger partial charge in [-0.3, -0.25) is 0 Å². The molecule has 2 rings (SSSR count). The highest BCUT2D eigenvalue weighted by molar-refractivity contribution is 9.10. The van der Waals surface area contributed by atoms with Crippen LogP contribution in [0, 0.1) is 17.1 Å². The minimum atomic E-state index is -0.344. The number of hydrogen-bond donors (Lipinski definition) is 0. The predicted molar refractivity (Wildman–Crippen MR) is 80.9 cm³/mol. The van der Waals surface area contributed by atoms with Gasteiger partial charge in [-0.1, -0.05) is 22.0 Å². The molecule has 5 heteroatoms. The molecule has 0 bridgehead atoms. The number of nitriles is 1. The molecule has 0 heterocycles. The first-order chi connectivity index (χ1) is 10.2. The van der Waals surface area contributed by atoms with E-state index in [1.807, 2.05) is 0 Å². The van der Waals surface area contributed by atoms with Crippen molar-refractivity contribution in [1.29, 1.82) is 5.26 Å². The summed E-state index contributed by atoms with van der Waals surface area (Å²) >= 11 is 3.21.